The molecule has 1 unspecified atom stereocenters. The van der Waals surface area contributed by atoms with Crippen LogP contribution in [0.4, 0.5) is 5.82 Å². The number of imidazole rings is 1. The van der Waals surface area contributed by atoms with Gasteiger partial charge in [0.05, 0.1) is 12.2 Å². The number of nitrogens with zero attached hydrogens (tertiary/aromatic N) is 6. The second-order valence-corrected chi connectivity index (χ2v) is 8.91. The molecule has 0 spiro atoms. The number of rotatable bonds is 12. The summed E-state index contributed by atoms with van der Waals surface area (Å²) in [4.78, 5) is 26.6. The topological polar surface area (TPSA) is 148 Å². The van der Waals surface area contributed by atoms with E-state index in [0.29, 0.717) is 67.0 Å². The third-order valence-electron chi connectivity index (χ3n) is 6.10. The smallest absolute Gasteiger partial charge is 0.320 e. The summed E-state index contributed by atoms with van der Waals surface area (Å²) in [6.07, 6.45) is 5.25. The van der Waals surface area contributed by atoms with Crippen molar-refractivity contribution in [2.24, 2.45) is 0 Å². The Morgan fingerprint density at radius 3 is 2.78 bits per heavy atom. The highest BCUT2D eigenvalue weighted by atomic mass is 16.5. The van der Waals surface area contributed by atoms with Crippen LogP contribution < -0.4 is 10.1 Å². The number of carboxylic acids is 1. The fourth-order valence-corrected chi connectivity index (χ4v) is 4.04. The van der Waals surface area contributed by atoms with Gasteiger partial charge in [-0.2, -0.15) is 5.26 Å². The minimum Gasteiger partial charge on any atom is -0.487 e. The van der Waals surface area contributed by atoms with E-state index in [1.165, 1.54) is 6.20 Å². The van der Waals surface area contributed by atoms with Gasteiger partial charge in [0.1, 0.15) is 36.4 Å². The van der Waals surface area contributed by atoms with Crippen LogP contribution in [0.5, 0.6) is 5.75 Å². The van der Waals surface area contributed by atoms with Gasteiger partial charge in [-0.25, -0.2) is 15.0 Å². The van der Waals surface area contributed by atoms with Crippen LogP contribution in [0.3, 0.4) is 0 Å². The van der Waals surface area contributed by atoms with Crippen LogP contribution in [0.2, 0.25) is 0 Å². The van der Waals surface area contributed by atoms with Gasteiger partial charge in [-0.1, -0.05) is 0 Å². The molecule has 12 nitrogen and oxygen atoms in total. The number of aliphatic carboxylic acids is 1. The summed E-state index contributed by atoms with van der Waals surface area (Å²) in [5, 5.41) is 21.8. The number of carbonyl (C=O) groups is 1. The Balaban J connectivity index is 1.47. The van der Waals surface area contributed by atoms with Crippen molar-refractivity contribution in [2.75, 3.05) is 52.4 Å². The predicted molar refractivity (Wildman–Crippen MR) is 135 cm³/mol. The zero-order chi connectivity index (χ0) is 26.2. The number of likely N-dealkylation sites (N-methyl/N-ethyl adjacent to an activating group) is 1. The number of nitriles is 1. The van der Waals surface area contributed by atoms with E-state index in [9.17, 15) is 9.90 Å². The van der Waals surface area contributed by atoms with Gasteiger partial charge in [0.25, 0.3) is 0 Å². The molecule has 1 atom stereocenters. The normalized spacial score (nSPS) is 15.0. The molecule has 3 aromatic rings. The number of aromatic nitrogens is 4. The first kappa shape index (κ1) is 26.3. The van der Waals surface area contributed by atoms with Gasteiger partial charge in [-0.15, -0.1) is 0 Å². The molecule has 12 heteroatoms. The van der Waals surface area contributed by atoms with Crippen molar-refractivity contribution >= 4 is 23.0 Å². The highest BCUT2D eigenvalue weighted by Crippen LogP contribution is 2.29. The highest BCUT2D eigenvalue weighted by molar-refractivity contribution is 5.78. The number of pyridine rings is 2. The summed E-state index contributed by atoms with van der Waals surface area (Å²) in [5.74, 6) is 0.875. The SMILES string of the molecule is CN(C)C(CCOCCOc1cc2ncn(-c3ccc(C#N)cn3)c2nc1NC1CCOCC1)C(=O)O. The molecule has 196 valence electrons. The van der Waals surface area contributed by atoms with Crippen molar-refractivity contribution in [1.29, 1.82) is 5.26 Å². The summed E-state index contributed by atoms with van der Waals surface area (Å²) in [7, 11) is 3.47. The molecule has 1 aliphatic heterocycles. The Morgan fingerprint density at radius 2 is 2.11 bits per heavy atom. The molecule has 2 N–H and O–H groups in total. The van der Waals surface area contributed by atoms with Crippen molar-refractivity contribution < 1.29 is 24.1 Å². The summed E-state index contributed by atoms with van der Waals surface area (Å²) < 4.78 is 18.9. The zero-order valence-corrected chi connectivity index (χ0v) is 21.0. The number of fused-ring (bicyclic) bond motifs is 1. The number of nitrogens with one attached hydrogen (secondary N) is 1. The van der Waals surface area contributed by atoms with Gasteiger partial charge >= 0.3 is 5.97 Å². The Kier molecular flexibility index (Phi) is 8.84. The van der Waals surface area contributed by atoms with Gasteiger partial charge in [0.15, 0.2) is 17.2 Å². The van der Waals surface area contributed by atoms with Crippen molar-refractivity contribution in [3.05, 3.63) is 36.3 Å². The van der Waals surface area contributed by atoms with E-state index < -0.39 is 12.0 Å². The van der Waals surface area contributed by atoms with E-state index in [0.717, 1.165) is 12.8 Å². The monoisotopic (exact) mass is 509 g/mol. The number of ether oxygens (including phenoxy) is 3. The molecular weight excluding hydrogens is 478 g/mol. The molecular formula is C25H31N7O5. The summed E-state index contributed by atoms with van der Waals surface area (Å²) in [6.45, 7) is 2.25. The third-order valence-corrected chi connectivity index (χ3v) is 6.10. The number of carboxylic acid groups (broad SMARTS) is 1. The Labute approximate surface area is 214 Å². The molecule has 0 radical (unpaired) electrons. The van der Waals surface area contributed by atoms with E-state index >= 15 is 0 Å². The van der Waals surface area contributed by atoms with Gasteiger partial charge in [0, 0.05) is 38.1 Å². The van der Waals surface area contributed by atoms with E-state index in [-0.39, 0.29) is 12.6 Å². The fraction of sp³-hybridized carbons (Fsp3) is 0.480. The lowest BCUT2D eigenvalue weighted by Crippen LogP contribution is -2.36. The first-order chi connectivity index (χ1) is 18.0. The van der Waals surface area contributed by atoms with Gasteiger partial charge in [-0.3, -0.25) is 14.3 Å². The molecule has 4 heterocycles. The molecule has 0 saturated carbocycles. The van der Waals surface area contributed by atoms with Crippen LogP contribution in [0.1, 0.15) is 24.8 Å². The Hall–Kier alpha value is -3.79. The quantitative estimate of drug-likeness (QED) is 0.346. The lowest BCUT2D eigenvalue weighted by molar-refractivity contribution is -0.143. The van der Waals surface area contributed by atoms with E-state index in [1.807, 2.05) is 6.07 Å². The van der Waals surface area contributed by atoms with E-state index in [4.69, 9.17) is 24.5 Å². The maximum absolute atomic E-state index is 11.3. The standard InChI is InChI=1S/C25H31N7O5/c1-31(2)20(25(33)34)7-10-36-11-12-37-21-13-19-24(30-23(21)29-18-5-8-35-9-6-18)32(16-28-19)22-4-3-17(14-26)15-27-22/h3-4,13,15-16,18,20H,5-12H2,1-2H3,(H,29,30)(H,33,34). The van der Waals surface area contributed by atoms with Crippen LogP contribution in [-0.2, 0) is 14.3 Å². The maximum Gasteiger partial charge on any atom is 0.320 e. The van der Waals surface area contributed by atoms with Gasteiger partial charge in [0.2, 0.25) is 0 Å². The molecule has 37 heavy (non-hydrogen) atoms. The molecule has 0 aromatic carbocycles. The summed E-state index contributed by atoms with van der Waals surface area (Å²) in [6, 6.07) is 6.95. The lowest BCUT2D eigenvalue weighted by Gasteiger charge is -2.24. The number of anilines is 1. The van der Waals surface area contributed by atoms with Crippen molar-refractivity contribution in [3.8, 4) is 17.6 Å². The van der Waals surface area contributed by atoms with Crippen LogP contribution >= 0.6 is 0 Å². The molecule has 0 amide bonds. The van der Waals surface area contributed by atoms with Crippen molar-refractivity contribution in [1.82, 2.24) is 24.4 Å². The van der Waals surface area contributed by atoms with Crippen LogP contribution in [0, 0.1) is 11.3 Å². The first-order valence-electron chi connectivity index (χ1n) is 12.1. The molecule has 4 rings (SSSR count). The zero-order valence-electron chi connectivity index (χ0n) is 21.0. The minimum atomic E-state index is -0.872. The largest absolute Gasteiger partial charge is 0.487 e. The Morgan fingerprint density at radius 1 is 1.30 bits per heavy atom. The number of hydrogen-bond donors (Lipinski definition) is 2. The van der Waals surface area contributed by atoms with Crippen LogP contribution in [0.25, 0.3) is 17.0 Å². The van der Waals surface area contributed by atoms with Crippen molar-refractivity contribution in [2.45, 2.75) is 31.3 Å². The lowest BCUT2D eigenvalue weighted by atomic mass is 10.1. The maximum atomic E-state index is 11.3. The molecule has 1 aliphatic rings. The van der Waals surface area contributed by atoms with Gasteiger partial charge in [-0.05, 0) is 45.5 Å². The second kappa shape index (κ2) is 12.4. The third kappa shape index (κ3) is 6.71. The van der Waals surface area contributed by atoms with Crippen LogP contribution in [0.15, 0.2) is 30.7 Å². The summed E-state index contributed by atoms with van der Waals surface area (Å²) in [5.41, 5.74) is 1.72. The highest BCUT2D eigenvalue weighted by Gasteiger charge is 2.20. The molecule has 1 saturated heterocycles. The van der Waals surface area contributed by atoms with E-state index in [1.54, 1.807) is 42.0 Å². The Bertz CT molecular complexity index is 1230. The molecule has 3 aromatic heterocycles. The predicted octanol–water partition coefficient (Wildman–Crippen LogP) is 2.08. The van der Waals surface area contributed by atoms with Gasteiger partial charge < -0.3 is 24.6 Å². The second-order valence-electron chi connectivity index (χ2n) is 8.91. The van der Waals surface area contributed by atoms with Crippen molar-refractivity contribution in [3.63, 3.8) is 0 Å². The number of hydrogen-bond acceptors (Lipinski definition) is 10. The average molecular weight is 510 g/mol. The molecule has 0 bridgehead atoms. The first-order valence-corrected chi connectivity index (χ1v) is 12.1. The molecule has 0 aliphatic carbocycles. The summed E-state index contributed by atoms with van der Waals surface area (Å²) >= 11 is 0. The van der Waals surface area contributed by atoms with Crippen LogP contribution in [-0.4, -0.2) is 94.7 Å². The minimum absolute atomic E-state index is 0.195. The van der Waals surface area contributed by atoms with E-state index in [2.05, 4.69) is 21.4 Å². The fourth-order valence-electron chi connectivity index (χ4n) is 4.04. The molecule has 1 fully saturated rings. The average Bonchev–Trinajstić information content (AvgIpc) is 3.31.